The number of hydrogen-bond acceptors (Lipinski definition) is 28. The molecule has 6 saturated heterocycles. The Morgan fingerprint density at radius 3 is 1.19 bits per heavy atom. The van der Waals surface area contributed by atoms with Gasteiger partial charge in [0.2, 0.25) is 0 Å². The molecule has 28 heteroatoms. The zero-order chi connectivity index (χ0) is 78.8. The lowest BCUT2D eigenvalue weighted by atomic mass is 9.73. The molecule has 28 nitrogen and oxygen atoms in total. The number of carbonyl (C=O) groups excluding carboxylic acids is 2. The Kier molecular flexibility index (Phi) is 32.0. The molecule has 13 N–H and O–H groups in total. The predicted octanol–water partition coefficient (Wildman–Crippen LogP) is 3.74. The lowest BCUT2D eigenvalue weighted by Gasteiger charge is -2.50. The minimum absolute atomic E-state index is 0.0280. The monoisotopic (exact) mass is 1500 g/mol. The van der Waals surface area contributed by atoms with Crippen LogP contribution in [-0.2, 0) is 66.4 Å². The number of likely N-dealkylation sites (N-methyl/N-ethyl adjacent to an activating group) is 2. The van der Waals surface area contributed by atoms with Crippen LogP contribution in [0.1, 0.15) is 209 Å². The maximum atomic E-state index is 14.2. The first-order valence-corrected chi connectivity index (χ1v) is 38.5. The number of nitrogens with one attached hydrogen (secondary N) is 1. The molecule has 7 fully saturated rings. The second kappa shape index (κ2) is 36.6. The van der Waals surface area contributed by atoms with E-state index in [2.05, 4.69) is 10.2 Å². The molecule has 1 saturated carbocycles. The van der Waals surface area contributed by atoms with Crippen LogP contribution in [0.5, 0.6) is 0 Å². The average Bonchev–Trinajstić information content (AvgIpc) is 0.782. The van der Waals surface area contributed by atoms with Gasteiger partial charge in [-0.05, 0) is 160 Å². The summed E-state index contributed by atoms with van der Waals surface area (Å²) in [5.41, 5.74) is -9.41. The molecule has 610 valence electrons. The number of aliphatic hydroxyl groups excluding tert-OH is 8. The molecular weight excluding hydrogens is 1360 g/mol. The molecule has 6 aliphatic heterocycles. The number of ether oxygens (including phenoxy) is 12. The molecule has 38 atom stereocenters. The Hall–Kier alpha value is -2.02. The van der Waals surface area contributed by atoms with Gasteiger partial charge in [0.05, 0.1) is 107 Å². The normalized spacial score (nSPS) is 51.2. The van der Waals surface area contributed by atoms with Crippen molar-refractivity contribution in [3.05, 3.63) is 0 Å². The summed E-state index contributed by atoms with van der Waals surface area (Å²) in [4.78, 5) is 30.4. The Morgan fingerprint density at radius 1 is 0.490 bits per heavy atom. The van der Waals surface area contributed by atoms with Crippen LogP contribution in [0, 0.1) is 47.3 Å². The van der Waals surface area contributed by atoms with E-state index >= 15 is 0 Å². The average molecular weight is 1500 g/mol. The van der Waals surface area contributed by atoms with Crippen LogP contribution in [0.3, 0.4) is 0 Å². The van der Waals surface area contributed by atoms with Crippen molar-refractivity contribution in [3.8, 4) is 0 Å². The zero-order valence-electron chi connectivity index (χ0n) is 66.9. The number of carbonyl (C=O) groups is 2. The van der Waals surface area contributed by atoms with Gasteiger partial charge in [-0.15, -0.1) is 0 Å². The minimum atomic E-state index is -1.93. The molecule has 0 radical (unpaired) electrons. The first-order valence-electron chi connectivity index (χ1n) is 38.5. The third kappa shape index (κ3) is 20.2. The van der Waals surface area contributed by atoms with E-state index in [1.54, 1.807) is 118 Å². The predicted molar refractivity (Wildman–Crippen MR) is 382 cm³/mol. The quantitative estimate of drug-likeness (QED) is 0.104. The van der Waals surface area contributed by atoms with E-state index in [0.717, 1.165) is 19.3 Å². The zero-order valence-corrected chi connectivity index (χ0v) is 66.9. The molecule has 0 aromatic rings. The smallest absolute Gasteiger partial charge is 0.311 e. The van der Waals surface area contributed by atoms with Crippen molar-refractivity contribution in [1.82, 2.24) is 10.2 Å². The Bertz CT molecular complexity index is 2660. The highest BCUT2D eigenvalue weighted by Crippen LogP contribution is 2.45. The van der Waals surface area contributed by atoms with Crippen molar-refractivity contribution < 1.29 is 128 Å². The first kappa shape index (κ1) is 90.9. The van der Waals surface area contributed by atoms with Gasteiger partial charge in [0.15, 0.2) is 25.2 Å². The van der Waals surface area contributed by atoms with E-state index in [0.29, 0.717) is 18.9 Å². The van der Waals surface area contributed by atoms with Crippen LogP contribution in [0.15, 0.2) is 0 Å². The van der Waals surface area contributed by atoms with Gasteiger partial charge in [0.25, 0.3) is 0 Å². The third-order valence-corrected chi connectivity index (χ3v) is 25.3. The molecule has 0 aromatic heterocycles. The molecule has 104 heavy (non-hydrogen) atoms. The van der Waals surface area contributed by atoms with Crippen molar-refractivity contribution in [2.45, 2.75) is 396 Å². The van der Waals surface area contributed by atoms with Crippen molar-refractivity contribution in [3.63, 3.8) is 0 Å². The fourth-order valence-electron chi connectivity index (χ4n) is 17.9. The van der Waals surface area contributed by atoms with E-state index in [4.69, 9.17) is 56.8 Å². The molecule has 0 aromatic carbocycles. The van der Waals surface area contributed by atoms with Crippen molar-refractivity contribution >= 4 is 11.9 Å². The Morgan fingerprint density at radius 2 is 0.856 bits per heavy atom. The number of esters is 2. The summed E-state index contributed by atoms with van der Waals surface area (Å²) >= 11 is 0. The molecule has 0 bridgehead atoms. The largest absolute Gasteiger partial charge is 0.459 e. The number of cyclic esters (lactones) is 2. The highest BCUT2D eigenvalue weighted by Gasteiger charge is 2.57. The number of hydrogen-bond donors (Lipinski definition) is 13. The minimum Gasteiger partial charge on any atom is -0.459 e. The summed E-state index contributed by atoms with van der Waals surface area (Å²) in [7, 11) is 6.73. The molecule has 7 aliphatic rings. The Labute approximate surface area is 619 Å². The summed E-state index contributed by atoms with van der Waals surface area (Å²) in [6.45, 7) is 33.5. The van der Waals surface area contributed by atoms with Crippen LogP contribution in [0.25, 0.3) is 0 Å². The van der Waals surface area contributed by atoms with Crippen molar-refractivity contribution in [1.29, 1.82) is 0 Å². The van der Waals surface area contributed by atoms with E-state index in [-0.39, 0.29) is 62.8 Å². The number of rotatable bonds is 15. The number of nitrogens with zero attached hydrogens (tertiary/aromatic N) is 1. The van der Waals surface area contributed by atoms with Gasteiger partial charge in [-0.3, -0.25) is 14.5 Å². The standard InChI is InChI=1S/C40H73NO13.C36H67NO13/c1-13-28-40(10,48)33(44)22(4)30(42)20(2)18-38(8,47)35(54-37-31(43)27(17-21(3)50-37)41(11)26-15-14-16-26)23(5)32(24(6)36(46)52-28)53-29-19-39(9,49-12)34(45)25(7)51-29;1-13-24-36(10,44)29(40)19(4)26(38)17(2)15-34(8,43)31(50-33-27(39)23(37-11)14-18(3)46-33)20(5)28(21(6)32(42)48-24)49-25-16-35(9,45-12)30(41)22(7)47-25/h20-35,37,42-45,47-48H,13-19H2,1-12H3;17-31,33,37-41,43-44H,13-16H2,1-12H3/t20-,21-,22+,23+,24-,25+,27+,28-,29+,30+,31-,32+,33-,34+,35-,37+,38-,39-,40-;17-,18-,19+,20+,21-,22+,23+,24-,25+,26+,27-,28+,29-,30+,31-,33+,34-,35-,36-/m11/s1. The van der Waals surface area contributed by atoms with E-state index in [9.17, 15) is 70.9 Å². The van der Waals surface area contributed by atoms with E-state index in [1.807, 2.05) is 20.9 Å². The van der Waals surface area contributed by atoms with Crippen LogP contribution < -0.4 is 5.32 Å². The van der Waals surface area contributed by atoms with Gasteiger partial charge >= 0.3 is 11.9 Å². The van der Waals surface area contributed by atoms with Gasteiger partial charge in [0, 0.05) is 68.9 Å². The second-order valence-electron chi connectivity index (χ2n) is 34.1. The topological polar surface area (TPSA) is 403 Å². The van der Waals surface area contributed by atoms with Gasteiger partial charge in [-0.25, -0.2) is 0 Å². The van der Waals surface area contributed by atoms with Crippen molar-refractivity contribution in [2.75, 3.05) is 28.3 Å². The van der Waals surface area contributed by atoms with Gasteiger partial charge in [-0.2, -0.15) is 0 Å². The van der Waals surface area contributed by atoms with Crippen molar-refractivity contribution in [2.24, 2.45) is 47.3 Å². The summed E-state index contributed by atoms with van der Waals surface area (Å²) in [6, 6.07) is -0.278. The lowest BCUT2D eigenvalue weighted by Crippen LogP contribution is -2.62. The molecular formula is C76H140N2O26. The molecule has 0 amide bonds. The highest BCUT2D eigenvalue weighted by molar-refractivity contribution is 5.73. The van der Waals surface area contributed by atoms with Gasteiger partial charge in [-0.1, -0.05) is 61.8 Å². The molecule has 1 aliphatic carbocycles. The van der Waals surface area contributed by atoms with Crippen LogP contribution in [0.2, 0.25) is 0 Å². The molecule has 6 heterocycles. The first-order chi connectivity index (χ1) is 48.1. The second-order valence-corrected chi connectivity index (χ2v) is 34.1. The highest BCUT2D eigenvalue weighted by atomic mass is 16.7. The van der Waals surface area contributed by atoms with Crippen LogP contribution in [-0.4, -0.2) is 293 Å². The molecule has 0 unspecified atom stereocenters. The number of methoxy groups -OCH3 is 2. The summed E-state index contributed by atoms with van der Waals surface area (Å²) in [6.07, 6.45) is -17.6. The van der Waals surface area contributed by atoms with Gasteiger partial charge < -0.3 is 123 Å². The third-order valence-electron chi connectivity index (χ3n) is 25.3. The van der Waals surface area contributed by atoms with Crippen LogP contribution in [0.4, 0.5) is 0 Å². The van der Waals surface area contributed by atoms with Crippen LogP contribution >= 0.6 is 0 Å². The summed E-state index contributed by atoms with van der Waals surface area (Å²) < 4.78 is 74.6. The fraction of sp³-hybridized carbons (Fsp3) is 0.974. The van der Waals surface area contributed by atoms with Gasteiger partial charge in [0.1, 0.15) is 47.8 Å². The maximum absolute atomic E-state index is 14.2. The maximum Gasteiger partial charge on any atom is 0.311 e. The fourth-order valence-corrected chi connectivity index (χ4v) is 17.9. The lowest BCUT2D eigenvalue weighted by molar-refractivity contribution is -0.319. The Balaban J connectivity index is 0.000000327. The summed E-state index contributed by atoms with van der Waals surface area (Å²) in [5, 5.41) is 142. The summed E-state index contributed by atoms with van der Waals surface area (Å²) in [5.74, 6) is -8.19. The number of aliphatic hydroxyl groups is 12. The van der Waals surface area contributed by atoms with E-state index in [1.165, 1.54) is 28.1 Å². The SMILES string of the molecule is CC[C@H]1OC(=O)[C@H](C)[C@@H](O[C@H]2C[C@@](C)(OC)[C@@H](O)[C@H](C)O2)[C@H](C)[C@@H](O[C@@H]2O[C@H](C)C[C@H](N(C)C3CCC3)[C@H]2O)[C@](C)(O)C[C@@H](C)[C@H](O)[C@H](C)[C@@H](O)[C@]1(C)O.CC[C@H]1OC(=O)[C@H](C)[C@@H](O[C@H]2C[C@@](C)(OC)[C@@H](O)[C@H](C)O2)[C@H](C)[C@@H](O[C@@H]2O[C@H](C)C[C@H](NC)[C@H]2O)[C@](C)(O)C[C@@H](C)[C@H](O)[C@H](C)[C@@H](O)[C@]1(C)O. The molecule has 7 rings (SSSR count). The molecule has 0 spiro atoms. The van der Waals surface area contributed by atoms with E-state index < -0.39 is 216 Å².